The first-order valence-electron chi connectivity index (χ1n) is 7.42. The van der Waals surface area contributed by atoms with Gasteiger partial charge in [0.1, 0.15) is 5.44 Å². The molecule has 1 rings (SSSR count). The molecule has 1 aromatic rings. The summed E-state index contributed by atoms with van der Waals surface area (Å²) in [5.74, 6) is 0. The van der Waals surface area contributed by atoms with Gasteiger partial charge in [-0.1, -0.05) is 29.5 Å². The fraction of sp³-hybridized carbons (Fsp3) is 0.625. The molecule has 4 N–H and O–H groups in total. The van der Waals surface area contributed by atoms with Crippen molar-refractivity contribution in [2.24, 2.45) is 0 Å². The normalized spacial score (nSPS) is 15.7. The van der Waals surface area contributed by atoms with Crippen LogP contribution in [-0.2, 0) is 0 Å². The topological polar surface area (TPSA) is 72.7 Å². The second-order valence-electron chi connectivity index (χ2n) is 5.36. The number of hydrogen-bond acceptors (Lipinski definition) is 5. The van der Waals surface area contributed by atoms with E-state index in [1.165, 1.54) is 17.3 Å². The van der Waals surface area contributed by atoms with Gasteiger partial charge in [-0.3, -0.25) is 0 Å². The molecule has 0 fully saturated rings. The molecule has 0 heterocycles. The van der Waals surface area contributed by atoms with Crippen molar-refractivity contribution in [3.8, 4) is 0 Å². The molecule has 0 saturated carbocycles. The first-order chi connectivity index (χ1) is 10.0. The van der Waals surface area contributed by atoms with E-state index in [2.05, 4.69) is 5.32 Å². The van der Waals surface area contributed by atoms with Gasteiger partial charge in [0, 0.05) is 10.9 Å². The number of aliphatic hydroxyl groups is 3. The first kappa shape index (κ1) is 18.5. The van der Waals surface area contributed by atoms with E-state index < -0.39 is 11.5 Å². The van der Waals surface area contributed by atoms with Crippen molar-refractivity contribution in [3.05, 3.63) is 29.8 Å². The lowest BCUT2D eigenvalue weighted by atomic mass is 10.0. The molecule has 0 aliphatic rings. The number of benzene rings is 1. The summed E-state index contributed by atoms with van der Waals surface area (Å²) in [6.45, 7) is 1.85. The molecule has 5 heteroatoms. The number of rotatable bonds is 10. The van der Waals surface area contributed by atoms with Crippen LogP contribution in [-0.4, -0.2) is 46.6 Å². The molecular formula is C16H27NO3S. The molecule has 0 bridgehead atoms. The van der Waals surface area contributed by atoms with Crippen molar-refractivity contribution in [1.82, 2.24) is 5.32 Å². The molecule has 0 amide bonds. The Morgan fingerprint density at radius 2 is 1.67 bits per heavy atom. The SMILES string of the molecule is CNC(CCC(O)CO)CCC(O)Sc1ccc(C)cc1. The predicted octanol–water partition coefficient (Wildman–Crippen LogP) is 1.91. The van der Waals surface area contributed by atoms with Crippen LogP contribution in [0.2, 0.25) is 0 Å². The molecular weight excluding hydrogens is 286 g/mol. The van der Waals surface area contributed by atoms with E-state index in [4.69, 9.17) is 5.11 Å². The zero-order chi connectivity index (χ0) is 15.7. The highest BCUT2D eigenvalue weighted by Gasteiger charge is 2.13. The highest BCUT2D eigenvalue weighted by Crippen LogP contribution is 2.25. The second kappa shape index (κ2) is 10.2. The van der Waals surface area contributed by atoms with Gasteiger partial charge in [0.2, 0.25) is 0 Å². The van der Waals surface area contributed by atoms with Gasteiger partial charge in [-0.05, 0) is 51.8 Å². The number of nitrogens with one attached hydrogen (secondary N) is 1. The van der Waals surface area contributed by atoms with Crippen LogP contribution in [0.15, 0.2) is 29.2 Å². The third-order valence-electron chi connectivity index (χ3n) is 3.52. The van der Waals surface area contributed by atoms with Gasteiger partial charge in [0.05, 0.1) is 12.7 Å². The van der Waals surface area contributed by atoms with Crippen LogP contribution in [0.25, 0.3) is 0 Å². The van der Waals surface area contributed by atoms with Crippen LogP contribution in [0.3, 0.4) is 0 Å². The largest absolute Gasteiger partial charge is 0.394 e. The van der Waals surface area contributed by atoms with Gasteiger partial charge >= 0.3 is 0 Å². The lowest BCUT2D eigenvalue weighted by Gasteiger charge is -2.19. The van der Waals surface area contributed by atoms with Gasteiger partial charge in [-0.15, -0.1) is 0 Å². The van der Waals surface area contributed by atoms with Gasteiger partial charge in [-0.25, -0.2) is 0 Å². The molecule has 3 atom stereocenters. The fourth-order valence-electron chi connectivity index (χ4n) is 2.09. The summed E-state index contributed by atoms with van der Waals surface area (Å²) in [4.78, 5) is 1.07. The summed E-state index contributed by atoms with van der Waals surface area (Å²) >= 11 is 1.47. The smallest absolute Gasteiger partial charge is 0.104 e. The average molecular weight is 313 g/mol. The summed E-state index contributed by atoms with van der Waals surface area (Å²) in [5, 5.41) is 31.5. The molecule has 3 unspecified atom stereocenters. The summed E-state index contributed by atoms with van der Waals surface area (Å²) in [7, 11) is 1.88. The lowest BCUT2D eigenvalue weighted by Crippen LogP contribution is -2.28. The van der Waals surface area contributed by atoms with Crippen LogP contribution < -0.4 is 5.32 Å². The molecule has 1 aromatic carbocycles. The highest BCUT2D eigenvalue weighted by atomic mass is 32.2. The number of thioether (sulfide) groups is 1. The molecule has 0 saturated heterocycles. The first-order valence-corrected chi connectivity index (χ1v) is 8.30. The standard InChI is InChI=1S/C16H27NO3S/c1-12-3-8-15(9-4-12)21-16(20)10-6-13(17-2)5-7-14(19)11-18/h3-4,8-9,13-14,16-20H,5-7,10-11H2,1-2H3. The van der Waals surface area contributed by atoms with Gasteiger partial charge in [0.25, 0.3) is 0 Å². The van der Waals surface area contributed by atoms with E-state index in [0.717, 1.165) is 17.7 Å². The van der Waals surface area contributed by atoms with E-state index in [-0.39, 0.29) is 12.6 Å². The number of hydrogen-bond donors (Lipinski definition) is 4. The van der Waals surface area contributed by atoms with Crippen molar-refractivity contribution in [1.29, 1.82) is 0 Å². The fourth-order valence-corrected chi connectivity index (χ4v) is 2.96. The molecule has 0 aliphatic heterocycles. The monoisotopic (exact) mass is 313 g/mol. The summed E-state index contributed by atoms with van der Waals surface area (Å²) < 4.78 is 0. The maximum Gasteiger partial charge on any atom is 0.104 e. The van der Waals surface area contributed by atoms with Crippen LogP contribution in [0.5, 0.6) is 0 Å². The Labute approximate surface area is 131 Å². The molecule has 0 spiro atoms. The third-order valence-corrected chi connectivity index (χ3v) is 4.57. The van der Waals surface area contributed by atoms with Crippen LogP contribution >= 0.6 is 11.8 Å². The van der Waals surface area contributed by atoms with E-state index >= 15 is 0 Å². The van der Waals surface area contributed by atoms with E-state index in [9.17, 15) is 10.2 Å². The Bertz CT molecular complexity index is 386. The summed E-state index contributed by atoms with van der Waals surface area (Å²) in [5.41, 5.74) is 0.790. The van der Waals surface area contributed by atoms with Crippen molar-refractivity contribution in [3.63, 3.8) is 0 Å². The van der Waals surface area contributed by atoms with Crippen molar-refractivity contribution >= 4 is 11.8 Å². The molecule has 0 aromatic heterocycles. The summed E-state index contributed by atoms with van der Waals surface area (Å²) in [6.07, 6.45) is 2.25. The van der Waals surface area contributed by atoms with Crippen LogP contribution in [0, 0.1) is 6.92 Å². The summed E-state index contributed by atoms with van der Waals surface area (Å²) in [6, 6.07) is 8.38. The van der Waals surface area contributed by atoms with Crippen LogP contribution in [0.4, 0.5) is 0 Å². The minimum absolute atomic E-state index is 0.192. The quantitative estimate of drug-likeness (QED) is 0.392. The maximum atomic E-state index is 10.1. The van der Waals surface area contributed by atoms with Gasteiger partial charge in [0.15, 0.2) is 0 Å². The minimum atomic E-state index is -0.646. The van der Waals surface area contributed by atoms with Crippen molar-refractivity contribution < 1.29 is 15.3 Å². The molecule has 4 nitrogen and oxygen atoms in total. The zero-order valence-electron chi connectivity index (χ0n) is 12.8. The second-order valence-corrected chi connectivity index (χ2v) is 6.61. The van der Waals surface area contributed by atoms with E-state index in [1.54, 1.807) is 0 Å². The third kappa shape index (κ3) is 7.83. The molecule has 120 valence electrons. The highest BCUT2D eigenvalue weighted by molar-refractivity contribution is 7.99. The van der Waals surface area contributed by atoms with E-state index in [1.807, 2.05) is 38.2 Å². The van der Waals surface area contributed by atoms with Crippen molar-refractivity contribution in [2.45, 2.75) is 55.1 Å². The number of aryl methyl sites for hydroxylation is 1. The lowest BCUT2D eigenvalue weighted by molar-refractivity contribution is 0.0836. The van der Waals surface area contributed by atoms with Gasteiger partial charge in [-0.2, -0.15) is 0 Å². The van der Waals surface area contributed by atoms with Gasteiger partial charge < -0.3 is 20.6 Å². The molecule has 21 heavy (non-hydrogen) atoms. The average Bonchev–Trinajstić information content (AvgIpc) is 2.49. The number of aliphatic hydroxyl groups excluding tert-OH is 3. The molecule has 0 aliphatic carbocycles. The van der Waals surface area contributed by atoms with E-state index in [0.29, 0.717) is 12.8 Å². The maximum absolute atomic E-state index is 10.1. The Balaban J connectivity index is 2.29. The Morgan fingerprint density at radius 1 is 1.05 bits per heavy atom. The minimum Gasteiger partial charge on any atom is -0.394 e. The molecule has 0 radical (unpaired) electrons. The van der Waals surface area contributed by atoms with Crippen LogP contribution in [0.1, 0.15) is 31.2 Å². The Morgan fingerprint density at radius 3 is 2.24 bits per heavy atom. The Hall–Kier alpha value is -0.590. The zero-order valence-corrected chi connectivity index (χ0v) is 13.6. The predicted molar refractivity (Wildman–Crippen MR) is 87.5 cm³/mol. The van der Waals surface area contributed by atoms with Crippen molar-refractivity contribution in [2.75, 3.05) is 13.7 Å². The Kier molecular flexibility index (Phi) is 8.96.